The Kier molecular flexibility index (Phi) is 6.27. The standard InChI is InChI=1S/C13H24N4O3/c1-3-5-11(12(14)15-20)13(19)17-7-4-6-16(8-9-17)10(2)18/h11,20H,3-9H2,1-2H3,(H2,14,15). The molecule has 7 nitrogen and oxygen atoms in total. The third-order valence-electron chi connectivity index (χ3n) is 3.60. The number of amidine groups is 1. The summed E-state index contributed by atoms with van der Waals surface area (Å²) in [6, 6.07) is 0. The Hall–Kier alpha value is -1.79. The molecule has 1 atom stereocenters. The molecule has 1 fully saturated rings. The molecular formula is C13H24N4O3. The molecule has 1 aliphatic heterocycles. The zero-order valence-electron chi connectivity index (χ0n) is 12.2. The van der Waals surface area contributed by atoms with Crippen LogP contribution in [0, 0.1) is 5.92 Å². The van der Waals surface area contributed by atoms with Crippen LogP contribution < -0.4 is 5.73 Å². The van der Waals surface area contributed by atoms with Crippen molar-refractivity contribution in [1.82, 2.24) is 9.80 Å². The number of nitrogens with zero attached hydrogens (tertiary/aromatic N) is 3. The lowest BCUT2D eigenvalue weighted by atomic mass is 10.0. The SMILES string of the molecule is CCCC(C(=O)N1CCCN(C(C)=O)CC1)C(N)=NO. The quantitative estimate of drug-likeness (QED) is 0.334. The van der Waals surface area contributed by atoms with E-state index in [1.54, 1.807) is 9.80 Å². The molecule has 114 valence electrons. The van der Waals surface area contributed by atoms with Crippen molar-refractivity contribution < 1.29 is 14.8 Å². The second-order valence-electron chi connectivity index (χ2n) is 5.05. The largest absolute Gasteiger partial charge is 0.409 e. The average Bonchev–Trinajstić information content (AvgIpc) is 2.69. The van der Waals surface area contributed by atoms with Crippen molar-refractivity contribution in [3.8, 4) is 0 Å². The van der Waals surface area contributed by atoms with E-state index in [2.05, 4.69) is 5.16 Å². The van der Waals surface area contributed by atoms with Crippen LogP contribution in [0.4, 0.5) is 0 Å². The number of carbonyl (C=O) groups is 2. The summed E-state index contributed by atoms with van der Waals surface area (Å²) in [4.78, 5) is 27.3. The molecule has 0 aliphatic carbocycles. The summed E-state index contributed by atoms with van der Waals surface area (Å²) in [5.41, 5.74) is 5.61. The molecule has 1 aliphatic rings. The van der Waals surface area contributed by atoms with Crippen molar-refractivity contribution >= 4 is 17.6 Å². The summed E-state index contributed by atoms with van der Waals surface area (Å²) >= 11 is 0. The fourth-order valence-corrected chi connectivity index (χ4v) is 2.43. The number of amides is 2. The van der Waals surface area contributed by atoms with Crippen molar-refractivity contribution in [2.75, 3.05) is 26.2 Å². The summed E-state index contributed by atoms with van der Waals surface area (Å²) in [5, 5.41) is 11.8. The predicted molar refractivity (Wildman–Crippen MR) is 75.3 cm³/mol. The van der Waals surface area contributed by atoms with Crippen LogP contribution in [0.2, 0.25) is 0 Å². The molecule has 0 bridgehead atoms. The van der Waals surface area contributed by atoms with Gasteiger partial charge in [-0.25, -0.2) is 0 Å². The highest BCUT2D eigenvalue weighted by Gasteiger charge is 2.29. The molecule has 1 unspecified atom stereocenters. The maximum atomic E-state index is 12.5. The van der Waals surface area contributed by atoms with E-state index in [-0.39, 0.29) is 17.6 Å². The third kappa shape index (κ3) is 4.11. The van der Waals surface area contributed by atoms with E-state index in [0.29, 0.717) is 32.6 Å². The minimum absolute atomic E-state index is 0.0286. The Morgan fingerprint density at radius 2 is 1.85 bits per heavy atom. The van der Waals surface area contributed by atoms with Gasteiger partial charge in [0.2, 0.25) is 11.8 Å². The molecule has 0 aromatic rings. The zero-order chi connectivity index (χ0) is 15.1. The number of rotatable bonds is 4. The van der Waals surface area contributed by atoms with Crippen molar-refractivity contribution in [1.29, 1.82) is 0 Å². The van der Waals surface area contributed by atoms with Gasteiger partial charge in [-0.15, -0.1) is 0 Å². The van der Waals surface area contributed by atoms with Gasteiger partial charge in [-0.05, 0) is 12.8 Å². The topological polar surface area (TPSA) is 99.2 Å². The Morgan fingerprint density at radius 1 is 1.25 bits per heavy atom. The normalized spacial score (nSPS) is 18.6. The van der Waals surface area contributed by atoms with Crippen LogP contribution in [0.1, 0.15) is 33.1 Å². The Bertz CT molecular complexity index is 384. The lowest BCUT2D eigenvalue weighted by Gasteiger charge is -2.25. The zero-order valence-corrected chi connectivity index (χ0v) is 12.2. The van der Waals surface area contributed by atoms with Crippen LogP contribution in [0.15, 0.2) is 5.16 Å². The van der Waals surface area contributed by atoms with Gasteiger partial charge in [-0.3, -0.25) is 9.59 Å². The van der Waals surface area contributed by atoms with Crippen LogP contribution in [0.3, 0.4) is 0 Å². The summed E-state index contributed by atoms with van der Waals surface area (Å²) in [7, 11) is 0. The van der Waals surface area contributed by atoms with Crippen molar-refractivity contribution in [3.05, 3.63) is 0 Å². The number of carbonyl (C=O) groups excluding carboxylic acids is 2. The van der Waals surface area contributed by atoms with Gasteiger partial charge in [0, 0.05) is 33.1 Å². The van der Waals surface area contributed by atoms with Crippen molar-refractivity contribution in [2.24, 2.45) is 16.8 Å². The van der Waals surface area contributed by atoms with E-state index in [0.717, 1.165) is 12.8 Å². The number of hydrogen-bond acceptors (Lipinski definition) is 4. The summed E-state index contributed by atoms with van der Waals surface area (Å²) in [6.07, 6.45) is 2.09. The lowest BCUT2D eigenvalue weighted by Crippen LogP contribution is -2.43. The molecule has 20 heavy (non-hydrogen) atoms. The van der Waals surface area contributed by atoms with E-state index >= 15 is 0 Å². The van der Waals surface area contributed by atoms with Crippen LogP contribution in [-0.2, 0) is 9.59 Å². The second-order valence-corrected chi connectivity index (χ2v) is 5.05. The van der Waals surface area contributed by atoms with E-state index < -0.39 is 5.92 Å². The fraction of sp³-hybridized carbons (Fsp3) is 0.769. The highest BCUT2D eigenvalue weighted by Crippen LogP contribution is 2.13. The molecule has 3 N–H and O–H groups in total. The van der Waals surface area contributed by atoms with Crippen molar-refractivity contribution in [3.63, 3.8) is 0 Å². The van der Waals surface area contributed by atoms with Gasteiger partial charge in [-0.1, -0.05) is 18.5 Å². The van der Waals surface area contributed by atoms with Crippen LogP contribution >= 0.6 is 0 Å². The highest BCUT2D eigenvalue weighted by molar-refractivity contribution is 6.02. The monoisotopic (exact) mass is 284 g/mol. The van der Waals surface area contributed by atoms with E-state index in [1.165, 1.54) is 6.92 Å². The van der Waals surface area contributed by atoms with Gasteiger partial charge >= 0.3 is 0 Å². The van der Waals surface area contributed by atoms with Gasteiger partial charge < -0.3 is 20.7 Å². The number of hydrogen-bond donors (Lipinski definition) is 2. The molecule has 1 heterocycles. The lowest BCUT2D eigenvalue weighted by molar-refractivity contribution is -0.134. The Labute approximate surface area is 119 Å². The van der Waals surface area contributed by atoms with Gasteiger partial charge in [0.15, 0.2) is 5.84 Å². The highest BCUT2D eigenvalue weighted by atomic mass is 16.4. The maximum Gasteiger partial charge on any atom is 0.233 e. The van der Waals surface area contributed by atoms with Gasteiger partial charge in [0.1, 0.15) is 0 Å². The smallest absolute Gasteiger partial charge is 0.233 e. The molecule has 0 saturated carbocycles. The van der Waals surface area contributed by atoms with Crippen LogP contribution in [0.25, 0.3) is 0 Å². The molecular weight excluding hydrogens is 260 g/mol. The first-order valence-corrected chi connectivity index (χ1v) is 7.03. The summed E-state index contributed by atoms with van der Waals surface area (Å²) in [5.74, 6) is -0.702. The first-order chi connectivity index (χ1) is 9.51. The van der Waals surface area contributed by atoms with E-state index in [9.17, 15) is 9.59 Å². The second kappa shape index (κ2) is 7.72. The van der Waals surface area contributed by atoms with Crippen molar-refractivity contribution in [2.45, 2.75) is 33.1 Å². The maximum absolute atomic E-state index is 12.5. The van der Waals surface area contributed by atoms with E-state index in [1.807, 2.05) is 6.92 Å². The predicted octanol–water partition coefficient (Wildman–Crippen LogP) is 0.230. The Morgan fingerprint density at radius 3 is 2.40 bits per heavy atom. The Balaban J connectivity index is 2.72. The van der Waals surface area contributed by atoms with Crippen LogP contribution in [0.5, 0.6) is 0 Å². The third-order valence-corrected chi connectivity index (χ3v) is 3.60. The van der Waals surface area contributed by atoms with Gasteiger partial charge in [-0.2, -0.15) is 0 Å². The molecule has 0 spiro atoms. The summed E-state index contributed by atoms with van der Waals surface area (Å²) in [6.45, 7) is 5.79. The molecule has 0 radical (unpaired) electrons. The summed E-state index contributed by atoms with van der Waals surface area (Å²) < 4.78 is 0. The first kappa shape index (κ1) is 16.3. The molecule has 1 saturated heterocycles. The fourth-order valence-electron chi connectivity index (χ4n) is 2.43. The van der Waals surface area contributed by atoms with Crippen LogP contribution in [-0.4, -0.2) is 58.8 Å². The minimum atomic E-state index is -0.575. The number of oxime groups is 1. The molecule has 1 rings (SSSR count). The van der Waals surface area contributed by atoms with E-state index in [4.69, 9.17) is 10.9 Å². The minimum Gasteiger partial charge on any atom is -0.409 e. The molecule has 0 aromatic heterocycles. The van der Waals surface area contributed by atoms with Gasteiger partial charge in [0.05, 0.1) is 5.92 Å². The molecule has 2 amide bonds. The first-order valence-electron chi connectivity index (χ1n) is 7.03. The molecule has 0 aromatic carbocycles. The molecule has 7 heteroatoms. The average molecular weight is 284 g/mol. The van der Waals surface area contributed by atoms with Gasteiger partial charge in [0.25, 0.3) is 0 Å². The number of nitrogens with two attached hydrogens (primary N) is 1.